The van der Waals surface area contributed by atoms with Gasteiger partial charge in [-0.25, -0.2) is 0 Å². The third-order valence-corrected chi connectivity index (χ3v) is 6.38. The van der Waals surface area contributed by atoms with Crippen molar-refractivity contribution in [3.05, 3.63) is 53.6 Å². The van der Waals surface area contributed by atoms with Crippen LogP contribution < -0.4 is 14.2 Å². The molecule has 0 aromatic heterocycles. The average molecular weight is 423 g/mol. The summed E-state index contributed by atoms with van der Waals surface area (Å²) in [7, 11) is 1.59. The first-order valence-corrected chi connectivity index (χ1v) is 11.3. The number of carbonyl (C=O) groups is 2. The number of hydrogen-bond donors (Lipinski definition) is 0. The van der Waals surface area contributed by atoms with Crippen LogP contribution in [-0.2, 0) is 0 Å². The molecule has 5 nitrogen and oxygen atoms in total. The highest BCUT2D eigenvalue weighted by Crippen LogP contribution is 2.37. The topological polar surface area (TPSA) is 61.8 Å². The van der Waals surface area contributed by atoms with Gasteiger partial charge in [0.15, 0.2) is 11.6 Å². The number of hydrogen-bond acceptors (Lipinski definition) is 5. The first-order valence-electron chi connectivity index (χ1n) is 11.3. The smallest absolute Gasteiger partial charge is 0.176 e. The fourth-order valence-corrected chi connectivity index (χ4v) is 4.47. The van der Waals surface area contributed by atoms with Crippen LogP contribution in [0.5, 0.6) is 17.2 Å². The molecule has 2 aliphatic rings. The Morgan fingerprint density at radius 2 is 1.84 bits per heavy atom. The van der Waals surface area contributed by atoms with E-state index in [0.717, 1.165) is 0 Å². The third kappa shape index (κ3) is 5.09. The van der Waals surface area contributed by atoms with Gasteiger partial charge in [0.2, 0.25) is 0 Å². The minimum atomic E-state index is -0.339. The van der Waals surface area contributed by atoms with Crippen molar-refractivity contribution in [3.8, 4) is 17.2 Å². The van der Waals surface area contributed by atoms with Crippen molar-refractivity contribution in [1.82, 2.24) is 0 Å². The lowest BCUT2D eigenvalue weighted by atomic mass is 9.89. The average Bonchev–Trinajstić information content (AvgIpc) is 2.82. The predicted molar refractivity (Wildman–Crippen MR) is 118 cm³/mol. The van der Waals surface area contributed by atoms with Gasteiger partial charge in [-0.3, -0.25) is 9.59 Å². The number of Topliss-reactive ketones (excluding diaryl/α,β-unsaturated/α-hetero) is 2. The zero-order valence-electron chi connectivity index (χ0n) is 18.1. The fourth-order valence-electron chi connectivity index (χ4n) is 4.47. The summed E-state index contributed by atoms with van der Waals surface area (Å²) in [5.41, 5.74) is 1.16. The molecule has 1 unspecified atom stereocenters. The first-order chi connectivity index (χ1) is 15.2. The van der Waals surface area contributed by atoms with Crippen LogP contribution in [0.15, 0.2) is 42.5 Å². The summed E-state index contributed by atoms with van der Waals surface area (Å²) in [6.07, 6.45) is 6.96. The molecule has 5 heteroatoms. The van der Waals surface area contributed by atoms with Crippen molar-refractivity contribution in [1.29, 1.82) is 0 Å². The number of fused-ring (bicyclic) bond motifs is 1. The minimum absolute atomic E-state index is 0.0167. The molecule has 2 aromatic rings. The molecule has 31 heavy (non-hydrogen) atoms. The Balaban J connectivity index is 1.39. The Hall–Kier alpha value is -2.82. The number of carbonyl (C=O) groups excluding carboxylic acids is 2. The molecule has 2 aromatic carbocycles. The number of ketones is 2. The molecular weight excluding hydrogens is 392 g/mol. The van der Waals surface area contributed by atoms with Gasteiger partial charge in [0.1, 0.15) is 22.8 Å². The SMILES string of the molecule is COc1ccc(C(=O)CCC2COc3cccc(OCC4CCCCC4)c3C2=O)cc1. The molecule has 1 aliphatic heterocycles. The fraction of sp³-hybridized carbons (Fsp3) is 0.462. The standard InChI is InChI=1S/C26H30O5/c1-29-21-13-10-19(11-14-21)22(27)15-12-20-17-31-24-9-5-8-23(25(24)26(20)28)30-16-18-6-3-2-4-7-18/h5,8-11,13-14,18,20H,2-4,6-7,12,15-17H2,1H3. The monoisotopic (exact) mass is 422 g/mol. The van der Waals surface area contributed by atoms with E-state index in [9.17, 15) is 9.59 Å². The van der Waals surface area contributed by atoms with Crippen LogP contribution >= 0.6 is 0 Å². The molecule has 164 valence electrons. The Labute approximate surface area is 183 Å². The number of rotatable bonds is 8. The highest BCUT2D eigenvalue weighted by molar-refractivity contribution is 6.04. The lowest BCUT2D eigenvalue weighted by Gasteiger charge is -2.27. The first kappa shape index (κ1) is 21.4. The van der Waals surface area contributed by atoms with E-state index < -0.39 is 0 Å². The quantitative estimate of drug-likeness (QED) is 0.525. The summed E-state index contributed by atoms with van der Waals surface area (Å²) < 4.78 is 17.1. The third-order valence-electron chi connectivity index (χ3n) is 6.38. The van der Waals surface area contributed by atoms with Crippen LogP contribution in [0.25, 0.3) is 0 Å². The molecule has 0 N–H and O–H groups in total. The lowest BCUT2D eigenvalue weighted by molar-refractivity contribution is 0.0800. The van der Waals surface area contributed by atoms with Gasteiger partial charge in [-0.05, 0) is 61.6 Å². The highest BCUT2D eigenvalue weighted by Gasteiger charge is 2.32. The predicted octanol–water partition coefficient (Wildman–Crippen LogP) is 5.51. The van der Waals surface area contributed by atoms with Crippen LogP contribution in [0.1, 0.15) is 65.7 Å². The van der Waals surface area contributed by atoms with E-state index in [4.69, 9.17) is 14.2 Å². The van der Waals surface area contributed by atoms with Crippen molar-refractivity contribution in [2.24, 2.45) is 11.8 Å². The summed E-state index contributed by atoms with van der Waals surface area (Å²) in [5, 5.41) is 0. The Kier molecular flexibility index (Phi) is 6.90. The lowest BCUT2D eigenvalue weighted by Crippen LogP contribution is -2.29. The minimum Gasteiger partial charge on any atom is -0.497 e. The summed E-state index contributed by atoms with van der Waals surface area (Å²) in [6.45, 7) is 0.943. The van der Waals surface area contributed by atoms with E-state index in [2.05, 4.69) is 0 Å². The molecule has 1 saturated carbocycles. The van der Waals surface area contributed by atoms with Crippen LogP contribution in [0.2, 0.25) is 0 Å². The van der Waals surface area contributed by atoms with Crippen molar-refractivity contribution in [2.75, 3.05) is 20.3 Å². The van der Waals surface area contributed by atoms with Crippen LogP contribution in [0.3, 0.4) is 0 Å². The molecule has 0 amide bonds. The molecule has 1 fully saturated rings. The van der Waals surface area contributed by atoms with Crippen molar-refractivity contribution < 1.29 is 23.8 Å². The normalized spacial score (nSPS) is 18.7. The van der Waals surface area contributed by atoms with Gasteiger partial charge in [-0.15, -0.1) is 0 Å². The molecule has 0 radical (unpaired) electrons. The highest BCUT2D eigenvalue weighted by atomic mass is 16.5. The summed E-state index contributed by atoms with van der Waals surface area (Å²) in [4.78, 5) is 25.8. The Morgan fingerprint density at radius 3 is 2.58 bits per heavy atom. The van der Waals surface area contributed by atoms with E-state index >= 15 is 0 Å². The Morgan fingerprint density at radius 1 is 1.06 bits per heavy atom. The van der Waals surface area contributed by atoms with Gasteiger partial charge in [-0.1, -0.05) is 25.3 Å². The van der Waals surface area contributed by atoms with Gasteiger partial charge in [0, 0.05) is 12.0 Å². The molecular formula is C26H30O5. The molecule has 1 aliphatic carbocycles. The number of ether oxygens (including phenoxy) is 3. The van der Waals surface area contributed by atoms with Gasteiger partial charge in [0.05, 0.1) is 26.2 Å². The number of benzene rings is 2. The van der Waals surface area contributed by atoms with E-state index in [0.29, 0.717) is 60.3 Å². The molecule has 0 saturated heterocycles. The Bertz CT molecular complexity index is 912. The summed E-state index contributed by atoms with van der Waals surface area (Å²) >= 11 is 0. The maximum atomic E-state index is 13.2. The van der Waals surface area contributed by atoms with Gasteiger partial charge in [-0.2, -0.15) is 0 Å². The maximum Gasteiger partial charge on any atom is 0.176 e. The van der Waals surface area contributed by atoms with Gasteiger partial charge in [0.25, 0.3) is 0 Å². The van der Waals surface area contributed by atoms with Crippen LogP contribution in [0, 0.1) is 11.8 Å². The van der Waals surface area contributed by atoms with Crippen molar-refractivity contribution in [3.63, 3.8) is 0 Å². The van der Waals surface area contributed by atoms with Crippen molar-refractivity contribution >= 4 is 11.6 Å². The largest absolute Gasteiger partial charge is 0.497 e. The van der Waals surface area contributed by atoms with Crippen LogP contribution in [-0.4, -0.2) is 31.9 Å². The van der Waals surface area contributed by atoms with Crippen molar-refractivity contribution in [2.45, 2.75) is 44.9 Å². The molecule has 1 heterocycles. The second kappa shape index (κ2) is 9.99. The van der Waals surface area contributed by atoms with E-state index in [-0.39, 0.29) is 17.5 Å². The summed E-state index contributed by atoms with van der Waals surface area (Å²) in [5.74, 6) is 2.16. The molecule has 0 spiro atoms. The van der Waals surface area contributed by atoms with Gasteiger partial charge >= 0.3 is 0 Å². The van der Waals surface area contributed by atoms with Gasteiger partial charge < -0.3 is 14.2 Å². The maximum absolute atomic E-state index is 13.2. The second-order valence-electron chi connectivity index (χ2n) is 8.51. The molecule has 1 atom stereocenters. The zero-order valence-corrected chi connectivity index (χ0v) is 18.1. The summed E-state index contributed by atoms with van der Waals surface area (Å²) in [6, 6.07) is 12.6. The molecule has 0 bridgehead atoms. The second-order valence-corrected chi connectivity index (χ2v) is 8.51. The zero-order chi connectivity index (χ0) is 21.6. The van der Waals surface area contributed by atoms with E-state index in [1.165, 1.54) is 32.1 Å². The molecule has 4 rings (SSSR count). The van der Waals surface area contributed by atoms with E-state index in [1.807, 2.05) is 18.2 Å². The van der Waals surface area contributed by atoms with Crippen LogP contribution in [0.4, 0.5) is 0 Å². The number of methoxy groups -OCH3 is 1. The van der Waals surface area contributed by atoms with E-state index in [1.54, 1.807) is 31.4 Å².